The average Bonchev–Trinajstić information content (AvgIpc) is 2.66. The standard InChI is InChI=1S/C13H13BrClNO3/c1-2-16-11(17)6-9(13(18)19)12(16)8-4-3-7(15)5-10(8)14/h3-5,9,12H,2,6H2,1H3,(H,18,19). The lowest BCUT2D eigenvalue weighted by molar-refractivity contribution is -0.142. The monoisotopic (exact) mass is 345 g/mol. The highest BCUT2D eigenvalue weighted by atomic mass is 79.9. The number of carbonyl (C=O) groups excluding carboxylic acids is 1. The predicted molar refractivity (Wildman–Crippen MR) is 75.0 cm³/mol. The molecule has 4 nitrogen and oxygen atoms in total. The molecule has 1 aromatic carbocycles. The summed E-state index contributed by atoms with van der Waals surface area (Å²) in [6.07, 6.45) is 0.0446. The fraction of sp³-hybridized carbons (Fsp3) is 0.385. The van der Waals surface area contributed by atoms with Crippen molar-refractivity contribution in [3.05, 3.63) is 33.3 Å². The molecule has 0 radical (unpaired) electrons. The number of halogens is 2. The Morgan fingerprint density at radius 1 is 1.58 bits per heavy atom. The van der Waals surface area contributed by atoms with Crippen molar-refractivity contribution in [3.63, 3.8) is 0 Å². The molecule has 0 bridgehead atoms. The van der Waals surface area contributed by atoms with Crippen LogP contribution < -0.4 is 0 Å². The lowest BCUT2D eigenvalue weighted by atomic mass is 9.94. The maximum absolute atomic E-state index is 11.9. The molecule has 1 aromatic rings. The van der Waals surface area contributed by atoms with Crippen LogP contribution in [0.5, 0.6) is 0 Å². The lowest BCUT2D eigenvalue weighted by Crippen LogP contribution is -2.30. The fourth-order valence-electron chi connectivity index (χ4n) is 2.51. The Morgan fingerprint density at radius 2 is 2.26 bits per heavy atom. The van der Waals surface area contributed by atoms with Gasteiger partial charge >= 0.3 is 5.97 Å². The first-order valence-corrected chi connectivity index (χ1v) is 7.10. The third-order valence-electron chi connectivity index (χ3n) is 3.37. The van der Waals surface area contributed by atoms with Crippen LogP contribution in [0.3, 0.4) is 0 Å². The number of likely N-dealkylation sites (tertiary alicyclic amines) is 1. The highest BCUT2D eigenvalue weighted by Gasteiger charge is 2.44. The molecule has 0 spiro atoms. The molecular weight excluding hydrogens is 334 g/mol. The van der Waals surface area contributed by atoms with Crippen molar-refractivity contribution in [1.82, 2.24) is 4.90 Å². The molecule has 19 heavy (non-hydrogen) atoms. The number of hydrogen-bond donors (Lipinski definition) is 1. The summed E-state index contributed by atoms with van der Waals surface area (Å²) in [5, 5.41) is 9.87. The molecule has 1 saturated heterocycles. The molecule has 2 unspecified atom stereocenters. The molecule has 1 amide bonds. The minimum Gasteiger partial charge on any atom is -0.481 e. The molecule has 1 N–H and O–H groups in total. The molecule has 1 aliphatic heterocycles. The summed E-state index contributed by atoms with van der Waals surface area (Å²) in [6.45, 7) is 2.33. The maximum Gasteiger partial charge on any atom is 0.309 e. The highest BCUT2D eigenvalue weighted by Crippen LogP contribution is 2.41. The SMILES string of the molecule is CCN1C(=O)CC(C(=O)O)C1c1ccc(Cl)cc1Br. The van der Waals surface area contributed by atoms with Gasteiger partial charge in [-0.05, 0) is 24.6 Å². The Labute approximate surface area is 124 Å². The van der Waals surface area contributed by atoms with E-state index >= 15 is 0 Å². The van der Waals surface area contributed by atoms with Gasteiger partial charge in [-0.1, -0.05) is 33.6 Å². The highest BCUT2D eigenvalue weighted by molar-refractivity contribution is 9.10. The Kier molecular flexibility index (Phi) is 4.16. The number of nitrogens with zero attached hydrogens (tertiary/aromatic N) is 1. The van der Waals surface area contributed by atoms with Crippen LogP contribution in [-0.4, -0.2) is 28.4 Å². The summed E-state index contributed by atoms with van der Waals surface area (Å²) in [6, 6.07) is 4.75. The van der Waals surface area contributed by atoms with Crippen molar-refractivity contribution in [3.8, 4) is 0 Å². The van der Waals surface area contributed by atoms with Gasteiger partial charge in [-0.3, -0.25) is 9.59 Å². The van der Waals surface area contributed by atoms with Gasteiger partial charge in [0.15, 0.2) is 0 Å². The molecule has 6 heteroatoms. The summed E-state index contributed by atoms with van der Waals surface area (Å²) in [7, 11) is 0. The molecule has 0 aliphatic carbocycles. The quantitative estimate of drug-likeness (QED) is 0.915. The molecule has 1 heterocycles. The molecule has 0 saturated carbocycles. The second-order valence-electron chi connectivity index (χ2n) is 4.44. The first-order chi connectivity index (χ1) is 8.95. The van der Waals surface area contributed by atoms with Crippen molar-refractivity contribution in [1.29, 1.82) is 0 Å². The fourth-order valence-corrected chi connectivity index (χ4v) is 3.43. The molecule has 0 aromatic heterocycles. The average molecular weight is 347 g/mol. The Morgan fingerprint density at radius 3 is 2.79 bits per heavy atom. The summed E-state index contributed by atoms with van der Waals surface area (Å²) in [4.78, 5) is 24.9. The summed E-state index contributed by atoms with van der Waals surface area (Å²) < 4.78 is 0.726. The number of aliphatic carboxylic acids is 1. The Bertz CT molecular complexity index is 535. The number of hydrogen-bond acceptors (Lipinski definition) is 2. The van der Waals surface area contributed by atoms with Crippen LogP contribution in [0.15, 0.2) is 22.7 Å². The van der Waals surface area contributed by atoms with Gasteiger partial charge in [0.2, 0.25) is 5.91 Å². The van der Waals surface area contributed by atoms with Gasteiger partial charge in [0.1, 0.15) is 0 Å². The lowest BCUT2D eigenvalue weighted by Gasteiger charge is -2.27. The summed E-state index contributed by atoms with van der Waals surface area (Å²) >= 11 is 9.29. The van der Waals surface area contributed by atoms with Crippen molar-refractivity contribution in [2.45, 2.75) is 19.4 Å². The minimum absolute atomic E-state index is 0.0446. The molecular formula is C13H13BrClNO3. The molecule has 2 atom stereocenters. The van der Waals surface area contributed by atoms with Crippen LogP contribution in [0.4, 0.5) is 0 Å². The van der Waals surface area contributed by atoms with Crippen molar-refractivity contribution in [2.75, 3.05) is 6.54 Å². The third kappa shape index (κ3) is 2.62. The normalized spacial score (nSPS) is 22.9. The van der Waals surface area contributed by atoms with E-state index in [4.69, 9.17) is 11.6 Å². The van der Waals surface area contributed by atoms with Crippen LogP contribution in [0.2, 0.25) is 5.02 Å². The minimum atomic E-state index is -0.948. The Hall–Kier alpha value is -1.07. The smallest absolute Gasteiger partial charge is 0.309 e. The number of benzene rings is 1. The van der Waals surface area contributed by atoms with Gasteiger partial charge in [0.25, 0.3) is 0 Å². The van der Waals surface area contributed by atoms with Crippen molar-refractivity contribution < 1.29 is 14.7 Å². The van der Waals surface area contributed by atoms with Gasteiger partial charge in [-0.25, -0.2) is 0 Å². The van der Waals surface area contributed by atoms with E-state index in [2.05, 4.69) is 15.9 Å². The summed E-state index contributed by atoms with van der Waals surface area (Å²) in [5.74, 6) is -1.79. The first kappa shape index (κ1) is 14.3. The van der Waals surface area contributed by atoms with Gasteiger partial charge < -0.3 is 10.0 Å². The number of carbonyl (C=O) groups is 2. The van der Waals surface area contributed by atoms with E-state index in [-0.39, 0.29) is 12.3 Å². The zero-order chi connectivity index (χ0) is 14.2. The zero-order valence-electron chi connectivity index (χ0n) is 10.3. The van der Waals surface area contributed by atoms with E-state index in [0.29, 0.717) is 11.6 Å². The second-order valence-corrected chi connectivity index (χ2v) is 5.73. The molecule has 1 fully saturated rings. The number of rotatable bonds is 3. The van der Waals surface area contributed by atoms with E-state index < -0.39 is 17.9 Å². The Balaban J connectivity index is 2.48. The molecule has 2 rings (SSSR count). The van der Waals surface area contributed by atoms with E-state index in [1.54, 1.807) is 23.1 Å². The van der Waals surface area contributed by atoms with Gasteiger partial charge in [-0.15, -0.1) is 0 Å². The van der Waals surface area contributed by atoms with Crippen LogP contribution in [0.1, 0.15) is 24.9 Å². The third-order valence-corrected chi connectivity index (χ3v) is 4.29. The van der Waals surface area contributed by atoms with Gasteiger partial charge in [0.05, 0.1) is 12.0 Å². The van der Waals surface area contributed by atoms with E-state index in [9.17, 15) is 14.7 Å². The van der Waals surface area contributed by atoms with Gasteiger partial charge in [0, 0.05) is 22.5 Å². The van der Waals surface area contributed by atoms with Crippen molar-refractivity contribution in [2.24, 2.45) is 5.92 Å². The topological polar surface area (TPSA) is 57.6 Å². The largest absolute Gasteiger partial charge is 0.481 e. The van der Waals surface area contributed by atoms with Gasteiger partial charge in [-0.2, -0.15) is 0 Å². The van der Waals surface area contributed by atoms with Crippen LogP contribution in [-0.2, 0) is 9.59 Å². The number of amides is 1. The van der Waals surface area contributed by atoms with E-state index in [1.165, 1.54) is 0 Å². The first-order valence-electron chi connectivity index (χ1n) is 5.93. The number of carboxylic acid groups (broad SMARTS) is 1. The van der Waals surface area contributed by atoms with Crippen LogP contribution in [0.25, 0.3) is 0 Å². The molecule has 102 valence electrons. The van der Waals surface area contributed by atoms with E-state index in [0.717, 1.165) is 10.0 Å². The number of carboxylic acids is 1. The maximum atomic E-state index is 11.9. The van der Waals surface area contributed by atoms with Crippen molar-refractivity contribution >= 4 is 39.4 Å². The van der Waals surface area contributed by atoms with E-state index in [1.807, 2.05) is 6.92 Å². The molecule has 1 aliphatic rings. The summed E-state index contributed by atoms with van der Waals surface area (Å²) in [5.41, 5.74) is 0.782. The second kappa shape index (κ2) is 5.51. The predicted octanol–water partition coefficient (Wildman–Crippen LogP) is 3.10. The van der Waals surface area contributed by atoms with Crippen LogP contribution >= 0.6 is 27.5 Å². The van der Waals surface area contributed by atoms with Crippen LogP contribution in [0, 0.1) is 5.92 Å². The zero-order valence-corrected chi connectivity index (χ0v) is 12.6.